The Morgan fingerprint density at radius 2 is 1.92 bits per heavy atom. The molecule has 0 spiro atoms. The summed E-state index contributed by atoms with van der Waals surface area (Å²) in [4.78, 5) is 38.5. The SMILES string of the molecule is C[C@H](/C=C/CCO)[C@@]1(O)C(=O)N(Cc2cccc(NC(=O)c3ccc(N)cc3)c2)c2ccc([N+](=O)[O-])cc21. The number of rotatable bonds is 9. The van der Waals surface area contributed by atoms with Gasteiger partial charge in [-0.2, -0.15) is 0 Å². The van der Waals surface area contributed by atoms with Gasteiger partial charge in [-0.25, -0.2) is 0 Å². The van der Waals surface area contributed by atoms with Crippen molar-refractivity contribution in [3.63, 3.8) is 0 Å². The van der Waals surface area contributed by atoms with Gasteiger partial charge in [-0.3, -0.25) is 19.7 Å². The van der Waals surface area contributed by atoms with Crippen LogP contribution in [0.25, 0.3) is 0 Å². The minimum atomic E-state index is -2.03. The lowest BCUT2D eigenvalue weighted by Gasteiger charge is -2.27. The molecule has 0 saturated carbocycles. The van der Waals surface area contributed by atoms with Gasteiger partial charge in [0.2, 0.25) is 0 Å². The van der Waals surface area contributed by atoms with Gasteiger partial charge in [0.05, 0.1) is 17.2 Å². The van der Waals surface area contributed by atoms with E-state index in [0.717, 1.165) is 0 Å². The van der Waals surface area contributed by atoms with E-state index < -0.39 is 22.3 Å². The predicted molar refractivity (Wildman–Crippen MR) is 143 cm³/mol. The summed E-state index contributed by atoms with van der Waals surface area (Å²) >= 11 is 0. The Labute approximate surface area is 219 Å². The number of anilines is 3. The number of hydrogen-bond donors (Lipinski definition) is 4. The topological polar surface area (TPSA) is 159 Å². The average Bonchev–Trinajstić information content (AvgIpc) is 3.11. The van der Waals surface area contributed by atoms with Crippen LogP contribution in [-0.2, 0) is 16.9 Å². The van der Waals surface area contributed by atoms with E-state index in [1.54, 1.807) is 67.6 Å². The Hall–Kier alpha value is -4.54. The minimum Gasteiger partial charge on any atom is -0.399 e. The zero-order valence-electron chi connectivity index (χ0n) is 20.7. The molecule has 10 nitrogen and oxygen atoms in total. The third kappa shape index (κ3) is 5.13. The van der Waals surface area contributed by atoms with Crippen LogP contribution in [0.5, 0.6) is 0 Å². The van der Waals surface area contributed by atoms with Crippen LogP contribution in [0.15, 0.2) is 78.9 Å². The average molecular weight is 517 g/mol. The first-order valence-electron chi connectivity index (χ1n) is 12.0. The van der Waals surface area contributed by atoms with Gasteiger partial charge in [-0.05, 0) is 54.4 Å². The maximum atomic E-state index is 13.7. The summed E-state index contributed by atoms with van der Waals surface area (Å²) in [5.41, 5.74) is 6.08. The van der Waals surface area contributed by atoms with Crippen molar-refractivity contribution in [2.45, 2.75) is 25.5 Å². The fourth-order valence-electron chi connectivity index (χ4n) is 4.49. The van der Waals surface area contributed by atoms with Gasteiger partial charge in [0.1, 0.15) is 0 Å². The van der Waals surface area contributed by atoms with Gasteiger partial charge in [-0.15, -0.1) is 0 Å². The molecule has 38 heavy (non-hydrogen) atoms. The van der Waals surface area contributed by atoms with Crippen LogP contribution in [0, 0.1) is 16.0 Å². The van der Waals surface area contributed by atoms with Gasteiger partial charge in [0.15, 0.2) is 5.60 Å². The number of nitrogens with two attached hydrogens (primary N) is 1. The van der Waals surface area contributed by atoms with E-state index in [1.165, 1.54) is 23.1 Å². The van der Waals surface area contributed by atoms with E-state index in [4.69, 9.17) is 10.8 Å². The standard InChI is InChI=1S/C28H28N4O6/c1-18(5-2-3-14-33)28(36)24-16-23(32(37)38)12-13-25(24)31(27(28)35)17-19-6-4-7-22(15-19)30-26(34)20-8-10-21(29)11-9-20/h2,4-13,15-16,18,33,36H,3,14,17,29H2,1H3,(H,30,34)/b5-2+/t18-,28+/m1/s1. The van der Waals surface area contributed by atoms with Crippen LogP contribution in [0.1, 0.15) is 34.8 Å². The highest BCUT2D eigenvalue weighted by Gasteiger charge is 2.53. The second-order valence-corrected chi connectivity index (χ2v) is 9.12. The normalized spacial score (nSPS) is 17.4. The highest BCUT2D eigenvalue weighted by molar-refractivity contribution is 6.07. The summed E-state index contributed by atoms with van der Waals surface area (Å²) < 4.78 is 0. The molecular weight excluding hydrogens is 488 g/mol. The van der Waals surface area contributed by atoms with Crippen molar-refractivity contribution in [2.75, 3.05) is 22.6 Å². The van der Waals surface area contributed by atoms with Crippen LogP contribution in [0.2, 0.25) is 0 Å². The van der Waals surface area contributed by atoms with Crippen molar-refractivity contribution in [3.05, 3.63) is 106 Å². The number of benzene rings is 3. The second kappa shape index (κ2) is 10.8. The molecule has 196 valence electrons. The number of aliphatic hydroxyl groups excluding tert-OH is 1. The quantitative estimate of drug-likeness (QED) is 0.146. The highest BCUT2D eigenvalue weighted by atomic mass is 16.6. The molecule has 1 aliphatic rings. The summed E-state index contributed by atoms with van der Waals surface area (Å²) in [5.74, 6) is -1.67. The van der Waals surface area contributed by atoms with E-state index in [1.807, 2.05) is 0 Å². The monoisotopic (exact) mass is 516 g/mol. The fourth-order valence-corrected chi connectivity index (χ4v) is 4.49. The number of nitrogens with zero attached hydrogens (tertiary/aromatic N) is 2. The Bertz CT molecular complexity index is 1400. The molecule has 5 N–H and O–H groups in total. The lowest BCUT2D eigenvalue weighted by atomic mass is 9.82. The Balaban J connectivity index is 1.64. The molecule has 2 atom stereocenters. The van der Waals surface area contributed by atoms with Crippen molar-refractivity contribution < 1.29 is 24.7 Å². The van der Waals surface area contributed by atoms with E-state index in [-0.39, 0.29) is 30.3 Å². The molecule has 0 aromatic heterocycles. The second-order valence-electron chi connectivity index (χ2n) is 9.12. The number of carbonyl (C=O) groups is 2. The molecule has 3 aromatic carbocycles. The molecule has 1 aliphatic heterocycles. The summed E-state index contributed by atoms with van der Waals surface area (Å²) in [7, 11) is 0. The molecule has 10 heteroatoms. The number of nitro groups is 1. The largest absolute Gasteiger partial charge is 0.399 e. The minimum absolute atomic E-state index is 0.0601. The molecule has 0 radical (unpaired) electrons. The van der Waals surface area contributed by atoms with Crippen molar-refractivity contribution >= 4 is 34.6 Å². The van der Waals surface area contributed by atoms with Crippen molar-refractivity contribution in [1.29, 1.82) is 0 Å². The molecule has 0 fully saturated rings. The zero-order valence-corrected chi connectivity index (χ0v) is 20.7. The molecule has 4 rings (SSSR count). The molecule has 0 aliphatic carbocycles. The molecule has 0 saturated heterocycles. The summed E-state index contributed by atoms with van der Waals surface area (Å²) in [6.45, 7) is 1.62. The van der Waals surface area contributed by atoms with Crippen molar-refractivity contribution in [3.8, 4) is 0 Å². The number of nitrogen functional groups attached to an aromatic ring is 1. The number of nitro benzene ring substituents is 1. The molecule has 2 amide bonds. The predicted octanol–water partition coefficient (Wildman–Crippen LogP) is 3.74. The lowest BCUT2D eigenvalue weighted by molar-refractivity contribution is -0.385. The van der Waals surface area contributed by atoms with E-state index >= 15 is 0 Å². The lowest BCUT2D eigenvalue weighted by Crippen LogP contribution is -2.44. The van der Waals surface area contributed by atoms with Crippen molar-refractivity contribution in [1.82, 2.24) is 0 Å². The van der Waals surface area contributed by atoms with Crippen LogP contribution in [-0.4, -0.2) is 33.6 Å². The van der Waals surface area contributed by atoms with Crippen LogP contribution in [0.3, 0.4) is 0 Å². The first-order valence-corrected chi connectivity index (χ1v) is 12.0. The molecule has 0 bridgehead atoms. The van der Waals surface area contributed by atoms with E-state index in [2.05, 4.69) is 5.32 Å². The number of hydrogen-bond acceptors (Lipinski definition) is 7. The van der Waals surface area contributed by atoms with E-state index in [0.29, 0.717) is 34.6 Å². The number of nitrogens with one attached hydrogen (secondary N) is 1. The van der Waals surface area contributed by atoms with Gasteiger partial charge in [0.25, 0.3) is 17.5 Å². The van der Waals surface area contributed by atoms with Gasteiger partial charge in [0, 0.05) is 47.2 Å². The maximum absolute atomic E-state index is 13.7. The van der Waals surface area contributed by atoms with Crippen LogP contribution in [0.4, 0.5) is 22.7 Å². The number of carbonyl (C=O) groups excluding carboxylic acids is 2. The third-order valence-corrected chi connectivity index (χ3v) is 6.54. The molecule has 1 heterocycles. The maximum Gasteiger partial charge on any atom is 0.269 e. The van der Waals surface area contributed by atoms with Crippen LogP contribution >= 0.6 is 0 Å². The highest BCUT2D eigenvalue weighted by Crippen LogP contribution is 2.47. The number of fused-ring (bicyclic) bond motifs is 1. The number of amides is 2. The zero-order chi connectivity index (χ0) is 27.4. The van der Waals surface area contributed by atoms with E-state index in [9.17, 15) is 24.8 Å². The Morgan fingerprint density at radius 1 is 1.18 bits per heavy atom. The third-order valence-electron chi connectivity index (χ3n) is 6.54. The molecular formula is C28H28N4O6. The fraction of sp³-hybridized carbons (Fsp3) is 0.214. The molecule has 0 unspecified atom stereocenters. The molecule has 3 aromatic rings. The Kier molecular flexibility index (Phi) is 7.56. The smallest absolute Gasteiger partial charge is 0.269 e. The first-order chi connectivity index (χ1) is 18.1. The van der Waals surface area contributed by atoms with Gasteiger partial charge < -0.3 is 26.2 Å². The Morgan fingerprint density at radius 3 is 2.61 bits per heavy atom. The summed E-state index contributed by atoms with van der Waals surface area (Å²) in [5, 5.41) is 35.0. The first kappa shape index (κ1) is 26.5. The van der Waals surface area contributed by atoms with Crippen molar-refractivity contribution in [2.24, 2.45) is 5.92 Å². The number of aliphatic hydroxyl groups is 2. The van der Waals surface area contributed by atoms with Gasteiger partial charge >= 0.3 is 0 Å². The summed E-state index contributed by atoms with van der Waals surface area (Å²) in [6, 6.07) is 17.4. The summed E-state index contributed by atoms with van der Waals surface area (Å²) in [6.07, 6.45) is 3.62. The number of non-ortho nitro benzene ring substituents is 1. The van der Waals surface area contributed by atoms with Gasteiger partial charge in [-0.1, -0.05) is 31.2 Å². The van der Waals surface area contributed by atoms with Crippen LogP contribution < -0.4 is 16.0 Å².